The molecule has 1 aromatic heterocycles. The molecule has 0 aliphatic rings. The lowest BCUT2D eigenvalue weighted by Gasteiger charge is -2.03. The van der Waals surface area contributed by atoms with Crippen LogP contribution >= 0.6 is 38.5 Å². The zero-order valence-electron chi connectivity index (χ0n) is 10.1. The molecule has 0 saturated heterocycles. The Morgan fingerprint density at radius 2 is 2.22 bits per heavy atom. The van der Waals surface area contributed by atoms with Crippen LogP contribution in [0.1, 0.15) is 19.7 Å². The molecule has 96 valence electrons. The van der Waals surface area contributed by atoms with Crippen molar-refractivity contribution >= 4 is 38.5 Å². The monoisotopic (exact) mass is 421 g/mol. The number of hydrogen-bond donors (Lipinski definition) is 1. The molecular weight excluding hydrogens is 409 g/mol. The van der Waals surface area contributed by atoms with Crippen LogP contribution in [0.3, 0.4) is 0 Å². The van der Waals surface area contributed by atoms with Crippen LogP contribution in [0.25, 0.3) is 11.5 Å². The Balaban J connectivity index is 2.21. The van der Waals surface area contributed by atoms with E-state index in [4.69, 9.17) is 4.52 Å². The summed E-state index contributed by atoms with van der Waals surface area (Å²) < 4.78 is 7.38. The van der Waals surface area contributed by atoms with E-state index in [-0.39, 0.29) is 0 Å². The first-order chi connectivity index (χ1) is 8.56. The quantitative estimate of drug-likeness (QED) is 0.766. The van der Waals surface area contributed by atoms with Crippen LogP contribution in [0.5, 0.6) is 0 Å². The summed E-state index contributed by atoms with van der Waals surface area (Å²) >= 11 is 5.70. The maximum absolute atomic E-state index is 5.29. The summed E-state index contributed by atoms with van der Waals surface area (Å²) in [7, 11) is 0. The molecular formula is C12H13BrIN3O. The minimum Gasteiger partial charge on any atom is -0.334 e. The molecule has 0 amide bonds. The van der Waals surface area contributed by atoms with Gasteiger partial charge in [0.25, 0.3) is 5.89 Å². The van der Waals surface area contributed by atoms with Gasteiger partial charge in [0.05, 0.1) is 12.1 Å². The van der Waals surface area contributed by atoms with Gasteiger partial charge in [0.1, 0.15) is 0 Å². The van der Waals surface area contributed by atoms with Gasteiger partial charge in [-0.15, -0.1) is 0 Å². The zero-order valence-corrected chi connectivity index (χ0v) is 13.8. The van der Waals surface area contributed by atoms with Gasteiger partial charge in [0, 0.05) is 14.1 Å². The Kier molecular flexibility index (Phi) is 4.74. The molecule has 0 bridgehead atoms. The number of nitrogens with one attached hydrogen (secondary N) is 1. The summed E-state index contributed by atoms with van der Waals surface area (Å²) in [5, 5.41) is 7.22. The third kappa shape index (κ3) is 3.52. The fraction of sp³-hybridized carbons (Fsp3) is 0.333. The second kappa shape index (κ2) is 6.12. The first-order valence-electron chi connectivity index (χ1n) is 5.57. The van der Waals surface area contributed by atoms with E-state index in [0.29, 0.717) is 24.3 Å². The molecule has 0 unspecified atom stereocenters. The van der Waals surface area contributed by atoms with E-state index in [0.717, 1.165) is 13.6 Å². The average molecular weight is 422 g/mol. The highest BCUT2D eigenvalue weighted by molar-refractivity contribution is 14.1. The summed E-state index contributed by atoms with van der Waals surface area (Å²) in [6.07, 6.45) is 0. The molecule has 2 rings (SSSR count). The highest BCUT2D eigenvalue weighted by Gasteiger charge is 2.12. The van der Waals surface area contributed by atoms with Crippen LogP contribution < -0.4 is 5.32 Å². The van der Waals surface area contributed by atoms with Crippen LogP contribution in [0.4, 0.5) is 0 Å². The second-order valence-corrected chi connectivity index (χ2v) is 6.25. The summed E-state index contributed by atoms with van der Waals surface area (Å²) in [6.45, 7) is 4.78. The maximum atomic E-state index is 5.29. The predicted octanol–water partition coefficient (Wildman–Crippen LogP) is 3.60. The third-order valence-electron chi connectivity index (χ3n) is 2.30. The Morgan fingerprint density at radius 1 is 1.44 bits per heavy atom. The fourth-order valence-electron chi connectivity index (χ4n) is 1.39. The molecule has 0 saturated carbocycles. The van der Waals surface area contributed by atoms with Crippen molar-refractivity contribution in [2.45, 2.75) is 26.4 Å². The van der Waals surface area contributed by atoms with Crippen molar-refractivity contribution in [3.8, 4) is 11.5 Å². The van der Waals surface area contributed by atoms with Crippen molar-refractivity contribution < 1.29 is 4.52 Å². The molecule has 1 heterocycles. The largest absolute Gasteiger partial charge is 0.334 e. The van der Waals surface area contributed by atoms with E-state index in [1.807, 2.05) is 18.2 Å². The number of benzene rings is 1. The summed E-state index contributed by atoms with van der Waals surface area (Å²) in [6, 6.07) is 6.38. The summed E-state index contributed by atoms with van der Waals surface area (Å²) in [4.78, 5) is 4.39. The summed E-state index contributed by atoms with van der Waals surface area (Å²) in [5.41, 5.74) is 0.952. The number of rotatable bonds is 4. The van der Waals surface area contributed by atoms with E-state index >= 15 is 0 Å². The number of halogens is 2. The first-order valence-corrected chi connectivity index (χ1v) is 7.45. The molecule has 2 aromatic rings. The zero-order chi connectivity index (χ0) is 13.1. The minimum atomic E-state index is 0.401. The van der Waals surface area contributed by atoms with Gasteiger partial charge >= 0.3 is 0 Å². The standard InChI is InChI=1S/C12H13BrIN3O/c1-7(2)15-6-11-16-12(18-17-11)9-5-8(13)3-4-10(9)14/h3-5,7,15H,6H2,1-2H3. The molecule has 6 heteroatoms. The van der Waals surface area contributed by atoms with Gasteiger partial charge in [-0.1, -0.05) is 34.9 Å². The average Bonchev–Trinajstić information content (AvgIpc) is 2.78. The van der Waals surface area contributed by atoms with E-state index < -0.39 is 0 Å². The highest BCUT2D eigenvalue weighted by Crippen LogP contribution is 2.27. The SMILES string of the molecule is CC(C)NCc1noc(-c2cc(Br)ccc2I)n1. The Hall–Kier alpha value is -0.470. The van der Waals surface area contributed by atoms with Gasteiger partial charge in [-0.3, -0.25) is 0 Å². The van der Waals surface area contributed by atoms with Crippen molar-refractivity contribution in [3.63, 3.8) is 0 Å². The van der Waals surface area contributed by atoms with E-state index in [2.05, 4.69) is 67.8 Å². The fourth-order valence-corrected chi connectivity index (χ4v) is 2.32. The number of nitrogens with zero attached hydrogens (tertiary/aromatic N) is 2. The van der Waals surface area contributed by atoms with Gasteiger partial charge in [0.2, 0.25) is 0 Å². The van der Waals surface area contributed by atoms with Crippen LogP contribution in [0, 0.1) is 3.57 Å². The van der Waals surface area contributed by atoms with Crippen molar-refractivity contribution in [2.75, 3.05) is 0 Å². The van der Waals surface area contributed by atoms with Crippen molar-refractivity contribution in [2.24, 2.45) is 0 Å². The van der Waals surface area contributed by atoms with Gasteiger partial charge in [0.15, 0.2) is 5.82 Å². The van der Waals surface area contributed by atoms with Crippen molar-refractivity contribution in [3.05, 3.63) is 32.1 Å². The second-order valence-electron chi connectivity index (χ2n) is 4.18. The topological polar surface area (TPSA) is 51.0 Å². The van der Waals surface area contributed by atoms with Crippen LogP contribution in [0.15, 0.2) is 27.2 Å². The molecule has 4 nitrogen and oxygen atoms in total. The first kappa shape index (κ1) is 14.0. The summed E-state index contributed by atoms with van der Waals surface area (Å²) in [5.74, 6) is 1.23. The highest BCUT2D eigenvalue weighted by atomic mass is 127. The number of aromatic nitrogens is 2. The van der Waals surface area contributed by atoms with Crippen LogP contribution in [-0.2, 0) is 6.54 Å². The molecule has 0 aliphatic heterocycles. The predicted molar refractivity (Wildman–Crippen MR) is 82.1 cm³/mol. The molecule has 0 atom stereocenters. The Morgan fingerprint density at radius 3 is 2.94 bits per heavy atom. The lowest BCUT2D eigenvalue weighted by Crippen LogP contribution is -2.22. The van der Waals surface area contributed by atoms with Crippen molar-refractivity contribution in [1.82, 2.24) is 15.5 Å². The van der Waals surface area contributed by atoms with E-state index in [9.17, 15) is 0 Å². The lowest BCUT2D eigenvalue weighted by atomic mass is 10.2. The Bertz CT molecular complexity index is 542. The number of hydrogen-bond acceptors (Lipinski definition) is 4. The van der Waals surface area contributed by atoms with E-state index in [1.54, 1.807) is 0 Å². The lowest BCUT2D eigenvalue weighted by molar-refractivity contribution is 0.417. The van der Waals surface area contributed by atoms with Crippen LogP contribution in [-0.4, -0.2) is 16.2 Å². The molecule has 1 aromatic carbocycles. The Labute approximate surface area is 128 Å². The van der Waals surface area contributed by atoms with Crippen molar-refractivity contribution in [1.29, 1.82) is 0 Å². The molecule has 0 fully saturated rings. The molecule has 0 aliphatic carbocycles. The van der Waals surface area contributed by atoms with Crippen LogP contribution in [0.2, 0.25) is 0 Å². The molecule has 0 spiro atoms. The normalized spacial score (nSPS) is 11.2. The minimum absolute atomic E-state index is 0.401. The molecule has 18 heavy (non-hydrogen) atoms. The molecule has 0 radical (unpaired) electrons. The van der Waals surface area contributed by atoms with Gasteiger partial charge in [-0.2, -0.15) is 4.98 Å². The van der Waals surface area contributed by atoms with E-state index in [1.165, 1.54) is 0 Å². The van der Waals surface area contributed by atoms with Gasteiger partial charge in [-0.05, 0) is 40.8 Å². The molecule has 1 N–H and O–H groups in total. The maximum Gasteiger partial charge on any atom is 0.259 e. The van der Waals surface area contributed by atoms with Gasteiger partial charge in [-0.25, -0.2) is 0 Å². The smallest absolute Gasteiger partial charge is 0.259 e. The van der Waals surface area contributed by atoms with Gasteiger partial charge < -0.3 is 9.84 Å². The third-order valence-corrected chi connectivity index (χ3v) is 3.73.